The standard InChI is InChI=1S/C20H21N7O3/c1-20(2,3)29-19(28)27(5)10-14-17(21-4)15(12-9-22-24-18(12)23-14)11-7-6-8-13-16(11)26-30-25-13/h6-9,15,17H,10H2,1-3,5H3,(H,22,24). The van der Waals surface area contributed by atoms with E-state index in [0.717, 1.165) is 11.1 Å². The molecule has 2 unspecified atom stereocenters. The van der Waals surface area contributed by atoms with E-state index in [9.17, 15) is 4.79 Å². The molecule has 10 nitrogen and oxygen atoms in total. The Morgan fingerprint density at radius 1 is 1.33 bits per heavy atom. The summed E-state index contributed by atoms with van der Waals surface area (Å²) >= 11 is 0. The van der Waals surface area contributed by atoms with Crippen LogP contribution in [-0.4, -0.2) is 62.5 Å². The minimum Gasteiger partial charge on any atom is -0.444 e. The third-order valence-electron chi connectivity index (χ3n) is 4.79. The van der Waals surface area contributed by atoms with Crippen molar-refractivity contribution in [2.45, 2.75) is 38.3 Å². The number of amides is 1. The average Bonchev–Trinajstić information content (AvgIpc) is 3.34. The molecule has 2 atom stereocenters. The molecule has 3 aromatic rings. The zero-order chi connectivity index (χ0) is 21.5. The van der Waals surface area contributed by atoms with Crippen molar-refractivity contribution in [2.24, 2.45) is 4.99 Å². The number of rotatable bonds is 3. The SMILES string of the molecule is [C-]#[N+]C1C(CN(C)C(=O)OC(C)(C)C)=Nc2[nH]ncc2C1c1cccc2nonc12. The van der Waals surface area contributed by atoms with Crippen LogP contribution in [-0.2, 0) is 4.74 Å². The molecule has 1 aliphatic heterocycles. The lowest BCUT2D eigenvalue weighted by Gasteiger charge is -2.28. The summed E-state index contributed by atoms with van der Waals surface area (Å²) in [5, 5.41) is 14.9. The van der Waals surface area contributed by atoms with Crippen LogP contribution in [0.2, 0.25) is 0 Å². The minimum atomic E-state index is -0.651. The van der Waals surface area contributed by atoms with Crippen molar-refractivity contribution >= 4 is 28.7 Å². The number of H-pyrrole nitrogens is 1. The summed E-state index contributed by atoms with van der Waals surface area (Å²) in [6, 6.07) is 4.89. The predicted octanol–water partition coefficient (Wildman–Crippen LogP) is 3.32. The van der Waals surface area contributed by atoms with Crippen LogP contribution in [0.4, 0.5) is 10.6 Å². The Kier molecular flexibility index (Phi) is 4.73. The van der Waals surface area contributed by atoms with Crippen LogP contribution in [0.5, 0.6) is 0 Å². The van der Waals surface area contributed by atoms with Crippen molar-refractivity contribution in [3.8, 4) is 0 Å². The van der Waals surface area contributed by atoms with Gasteiger partial charge in [-0.3, -0.25) is 5.10 Å². The second-order valence-corrected chi connectivity index (χ2v) is 8.14. The number of benzene rings is 1. The third kappa shape index (κ3) is 3.50. The molecule has 0 saturated carbocycles. The third-order valence-corrected chi connectivity index (χ3v) is 4.79. The molecule has 0 bridgehead atoms. The fourth-order valence-electron chi connectivity index (χ4n) is 3.52. The molecule has 1 aliphatic rings. The van der Waals surface area contributed by atoms with Gasteiger partial charge >= 0.3 is 6.09 Å². The summed E-state index contributed by atoms with van der Waals surface area (Å²) in [5.74, 6) is 0.173. The molecule has 0 fully saturated rings. The van der Waals surface area contributed by atoms with Crippen molar-refractivity contribution in [2.75, 3.05) is 13.6 Å². The van der Waals surface area contributed by atoms with E-state index >= 15 is 0 Å². The summed E-state index contributed by atoms with van der Waals surface area (Å²) in [6.07, 6.45) is 1.19. The number of ether oxygens (including phenoxy) is 1. The number of fused-ring (bicyclic) bond motifs is 2. The quantitative estimate of drug-likeness (QED) is 0.666. The Morgan fingerprint density at radius 3 is 2.87 bits per heavy atom. The molecular weight excluding hydrogens is 386 g/mol. The maximum Gasteiger partial charge on any atom is 0.410 e. The van der Waals surface area contributed by atoms with Crippen LogP contribution >= 0.6 is 0 Å². The molecule has 1 amide bonds. The molecule has 30 heavy (non-hydrogen) atoms. The van der Waals surface area contributed by atoms with E-state index in [1.807, 2.05) is 12.1 Å². The van der Waals surface area contributed by atoms with Gasteiger partial charge in [0.05, 0.1) is 18.7 Å². The Hall–Kier alpha value is -3.74. The lowest BCUT2D eigenvalue weighted by Crippen LogP contribution is -2.41. The fraction of sp³-hybridized carbons (Fsp3) is 0.400. The summed E-state index contributed by atoms with van der Waals surface area (Å²) in [5.41, 5.74) is 2.70. The lowest BCUT2D eigenvalue weighted by atomic mass is 9.81. The Labute approximate surface area is 172 Å². The second-order valence-electron chi connectivity index (χ2n) is 8.14. The number of hydrogen-bond donors (Lipinski definition) is 1. The van der Waals surface area contributed by atoms with Crippen molar-refractivity contribution in [3.05, 3.63) is 46.9 Å². The first kappa shape index (κ1) is 19.6. The van der Waals surface area contributed by atoms with Crippen LogP contribution < -0.4 is 0 Å². The van der Waals surface area contributed by atoms with Crippen LogP contribution in [0, 0.1) is 6.57 Å². The van der Waals surface area contributed by atoms with Crippen LogP contribution in [0.3, 0.4) is 0 Å². The van der Waals surface area contributed by atoms with E-state index < -0.39 is 17.7 Å². The highest BCUT2D eigenvalue weighted by molar-refractivity contribution is 5.99. The Morgan fingerprint density at radius 2 is 2.13 bits per heavy atom. The highest BCUT2D eigenvalue weighted by Crippen LogP contribution is 2.41. The molecule has 4 rings (SSSR count). The van der Waals surface area contributed by atoms with E-state index in [4.69, 9.17) is 15.9 Å². The van der Waals surface area contributed by atoms with Gasteiger partial charge in [-0.05, 0) is 42.7 Å². The topological polar surface area (TPSA) is 114 Å². The first-order valence-electron chi connectivity index (χ1n) is 9.41. The molecule has 0 aliphatic carbocycles. The number of nitrogens with zero attached hydrogens (tertiary/aromatic N) is 6. The van der Waals surface area contributed by atoms with Crippen LogP contribution in [0.15, 0.2) is 34.0 Å². The molecular formula is C20H21N7O3. The van der Waals surface area contributed by atoms with Crippen LogP contribution in [0.25, 0.3) is 15.9 Å². The first-order chi connectivity index (χ1) is 14.3. The number of aromatic nitrogens is 4. The smallest absolute Gasteiger partial charge is 0.410 e. The van der Waals surface area contributed by atoms with E-state index in [1.165, 1.54) is 4.90 Å². The largest absolute Gasteiger partial charge is 0.444 e. The molecule has 10 heteroatoms. The first-order valence-corrected chi connectivity index (χ1v) is 9.41. The normalized spacial score (nSPS) is 18.4. The zero-order valence-corrected chi connectivity index (χ0v) is 17.1. The van der Waals surface area contributed by atoms with Gasteiger partial charge in [0.2, 0.25) is 0 Å². The monoisotopic (exact) mass is 407 g/mol. The highest BCUT2D eigenvalue weighted by Gasteiger charge is 2.42. The number of aliphatic imine (C=N–C) groups is 1. The highest BCUT2D eigenvalue weighted by atomic mass is 16.6. The van der Waals surface area contributed by atoms with Gasteiger partial charge in [0.15, 0.2) is 5.82 Å². The number of carbonyl (C=O) groups excluding carboxylic acids is 1. The number of hydrogen-bond acceptors (Lipinski definition) is 7. The van der Waals surface area contributed by atoms with Gasteiger partial charge in [0.25, 0.3) is 6.04 Å². The Balaban J connectivity index is 1.73. The summed E-state index contributed by atoms with van der Waals surface area (Å²) in [7, 11) is 1.62. The summed E-state index contributed by atoms with van der Waals surface area (Å²) < 4.78 is 10.3. The number of carbonyl (C=O) groups is 1. The van der Waals surface area contributed by atoms with Gasteiger partial charge in [-0.1, -0.05) is 12.1 Å². The van der Waals surface area contributed by atoms with Gasteiger partial charge < -0.3 is 14.5 Å². The molecule has 0 radical (unpaired) electrons. The van der Waals surface area contributed by atoms with E-state index in [0.29, 0.717) is 22.6 Å². The van der Waals surface area contributed by atoms with Gasteiger partial charge in [0.1, 0.15) is 22.3 Å². The average molecular weight is 407 g/mol. The fourth-order valence-corrected chi connectivity index (χ4v) is 3.52. The molecule has 1 aromatic carbocycles. The summed E-state index contributed by atoms with van der Waals surface area (Å²) in [4.78, 5) is 22.3. The van der Waals surface area contributed by atoms with E-state index in [2.05, 4.69) is 30.3 Å². The molecule has 1 N–H and O–H groups in total. The molecule has 2 aromatic heterocycles. The van der Waals surface area contributed by atoms with E-state index in [-0.39, 0.29) is 12.5 Å². The molecule has 3 heterocycles. The predicted molar refractivity (Wildman–Crippen MR) is 109 cm³/mol. The number of nitrogens with one attached hydrogen (secondary N) is 1. The van der Waals surface area contributed by atoms with Crippen molar-refractivity contribution in [1.82, 2.24) is 25.4 Å². The second kappa shape index (κ2) is 7.26. The van der Waals surface area contributed by atoms with Crippen molar-refractivity contribution in [1.29, 1.82) is 0 Å². The lowest BCUT2D eigenvalue weighted by molar-refractivity contribution is 0.0323. The summed E-state index contributed by atoms with van der Waals surface area (Å²) in [6.45, 7) is 13.4. The number of aromatic amines is 1. The zero-order valence-electron chi connectivity index (χ0n) is 17.1. The van der Waals surface area contributed by atoms with Crippen molar-refractivity contribution in [3.63, 3.8) is 0 Å². The maximum atomic E-state index is 12.4. The molecule has 154 valence electrons. The Bertz CT molecular complexity index is 1160. The van der Waals surface area contributed by atoms with Crippen molar-refractivity contribution < 1.29 is 14.2 Å². The van der Waals surface area contributed by atoms with Gasteiger partial charge in [-0.15, -0.1) is 0 Å². The maximum absolute atomic E-state index is 12.4. The van der Waals surface area contributed by atoms with Gasteiger partial charge in [-0.25, -0.2) is 21.0 Å². The molecule has 0 spiro atoms. The van der Waals surface area contributed by atoms with Gasteiger partial charge in [-0.2, -0.15) is 5.10 Å². The minimum absolute atomic E-state index is 0.143. The van der Waals surface area contributed by atoms with Crippen LogP contribution in [0.1, 0.15) is 37.8 Å². The molecule has 0 saturated heterocycles. The van der Waals surface area contributed by atoms with E-state index in [1.54, 1.807) is 40.1 Å². The van der Waals surface area contributed by atoms with Gasteiger partial charge in [0, 0.05) is 12.6 Å².